The lowest BCUT2D eigenvalue weighted by molar-refractivity contribution is -0.129. The molecule has 0 saturated carbocycles. The van der Waals surface area contributed by atoms with Crippen LogP contribution in [0.1, 0.15) is 51.8 Å². The minimum Gasteiger partial charge on any atom is -0.357 e. The second kappa shape index (κ2) is 11.4. The van der Waals surface area contributed by atoms with Crippen molar-refractivity contribution in [2.75, 3.05) is 27.2 Å². The van der Waals surface area contributed by atoms with Gasteiger partial charge in [0.1, 0.15) is 11.7 Å². The van der Waals surface area contributed by atoms with E-state index in [-0.39, 0.29) is 11.8 Å². The minimum absolute atomic E-state index is 0.215. The summed E-state index contributed by atoms with van der Waals surface area (Å²) in [6.45, 7) is 9.48. The molecule has 2 N–H and O–H groups in total. The highest BCUT2D eigenvalue weighted by molar-refractivity contribution is 7.12. The number of likely N-dealkylation sites (N-methyl/N-ethyl adjacent to an activating group) is 2. The van der Waals surface area contributed by atoms with Crippen LogP contribution in [0.15, 0.2) is 45.9 Å². The Hall–Kier alpha value is -2.25. The molecule has 0 unspecified atom stereocenters. The molecule has 0 radical (unpaired) electrons. The van der Waals surface area contributed by atoms with Gasteiger partial charge in [0.05, 0.1) is 5.71 Å². The SMILES string of the molecule is CNC(=O)[C@@H](NC(=O)C1=C\CN(C)CCC/C=C(\C)C/C(c2cccs2)=N\1)C(C)(C)C. The van der Waals surface area contributed by atoms with Gasteiger partial charge in [0.2, 0.25) is 5.91 Å². The Morgan fingerprint density at radius 1 is 1.26 bits per heavy atom. The van der Waals surface area contributed by atoms with Crippen LogP contribution >= 0.6 is 11.3 Å². The molecule has 170 valence electrons. The maximum Gasteiger partial charge on any atom is 0.270 e. The van der Waals surface area contributed by atoms with Gasteiger partial charge in [0.25, 0.3) is 5.91 Å². The molecule has 0 aromatic carbocycles. The highest BCUT2D eigenvalue weighted by Crippen LogP contribution is 2.22. The number of allylic oxidation sites excluding steroid dienone is 2. The molecule has 1 atom stereocenters. The molecule has 0 saturated heterocycles. The van der Waals surface area contributed by atoms with Crippen molar-refractivity contribution < 1.29 is 9.59 Å². The molecule has 1 aromatic heterocycles. The number of hydrogen-bond donors (Lipinski definition) is 2. The third kappa shape index (κ3) is 7.74. The van der Waals surface area contributed by atoms with Crippen LogP contribution in [0.3, 0.4) is 0 Å². The molecule has 0 aliphatic carbocycles. The summed E-state index contributed by atoms with van der Waals surface area (Å²) in [5, 5.41) is 7.60. The van der Waals surface area contributed by atoms with E-state index >= 15 is 0 Å². The average molecular weight is 445 g/mol. The van der Waals surface area contributed by atoms with Crippen molar-refractivity contribution in [3.05, 3.63) is 45.8 Å². The van der Waals surface area contributed by atoms with Crippen LogP contribution in [0.2, 0.25) is 0 Å². The monoisotopic (exact) mass is 444 g/mol. The Morgan fingerprint density at radius 3 is 2.61 bits per heavy atom. The van der Waals surface area contributed by atoms with Crippen molar-refractivity contribution >= 4 is 28.9 Å². The lowest BCUT2D eigenvalue weighted by Crippen LogP contribution is -2.53. The highest BCUT2D eigenvalue weighted by Gasteiger charge is 2.33. The Bertz CT molecular complexity index is 847. The zero-order valence-corrected chi connectivity index (χ0v) is 20.4. The summed E-state index contributed by atoms with van der Waals surface area (Å²) in [4.78, 5) is 33.8. The van der Waals surface area contributed by atoms with E-state index in [9.17, 15) is 9.59 Å². The molecule has 1 aliphatic rings. The van der Waals surface area contributed by atoms with Crippen LogP contribution in [0, 0.1) is 5.41 Å². The Kier molecular flexibility index (Phi) is 9.19. The van der Waals surface area contributed by atoms with Crippen LogP contribution < -0.4 is 10.6 Å². The van der Waals surface area contributed by atoms with Crippen molar-refractivity contribution in [2.45, 2.75) is 53.0 Å². The molecule has 1 aromatic rings. The van der Waals surface area contributed by atoms with Crippen LogP contribution in [0.25, 0.3) is 0 Å². The molecular formula is C24H36N4O2S. The van der Waals surface area contributed by atoms with Gasteiger partial charge >= 0.3 is 0 Å². The molecule has 7 heteroatoms. The van der Waals surface area contributed by atoms with E-state index in [1.54, 1.807) is 18.4 Å². The summed E-state index contributed by atoms with van der Waals surface area (Å²) in [6, 6.07) is 3.37. The van der Waals surface area contributed by atoms with Gasteiger partial charge in [-0.25, -0.2) is 4.99 Å². The molecule has 1 aliphatic heterocycles. The molecule has 0 fully saturated rings. The van der Waals surface area contributed by atoms with E-state index in [1.165, 1.54) is 5.57 Å². The number of aliphatic imine (C=N–C) groups is 1. The number of carbonyl (C=O) groups is 2. The van der Waals surface area contributed by atoms with Gasteiger partial charge in [-0.15, -0.1) is 11.3 Å². The molecule has 2 heterocycles. The molecule has 2 rings (SSSR count). The maximum atomic E-state index is 13.3. The Morgan fingerprint density at radius 2 is 2.00 bits per heavy atom. The number of nitrogens with zero attached hydrogens (tertiary/aromatic N) is 2. The van der Waals surface area contributed by atoms with Crippen LogP contribution in [-0.2, 0) is 9.59 Å². The predicted molar refractivity (Wildman–Crippen MR) is 129 cm³/mol. The first kappa shape index (κ1) is 25.0. The van der Waals surface area contributed by atoms with E-state index in [4.69, 9.17) is 4.99 Å². The van der Waals surface area contributed by atoms with Crippen molar-refractivity contribution in [3.8, 4) is 0 Å². The summed E-state index contributed by atoms with van der Waals surface area (Å²) >= 11 is 1.62. The number of thiophene rings is 1. The predicted octanol–water partition coefficient (Wildman–Crippen LogP) is 3.76. The first-order valence-corrected chi connectivity index (χ1v) is 11.7. The Labute approximate surface area is 190 Å². The number of amides is 2. The van der Waals surface area contributed by atoms with Crippen molar-refractivity contribution in [1.82, 2.24) is 15.5 Å². The van der Waals surface area contributed by atoms with Gasteiger partial charge in [0, 0.05) is 24.9 Å². The van der Waals surface area contributed by atoms with Crippen LogP contribution in [0.5, 0.6) is 0 Å². The second-order valence-corrected chi connectivity index (χ2v) is 10.1. The summed E-state index contributed by atoms with van der Waals surface area (Å²) in [5.41, 5.74) is 2.04. The standard InChI is InChI=1S/C24H36N4O2S/c1-17-10-7-8-13-28(6)14-12-18(26-19(16-17)20-11-9-15-31-20)22(29)27-21(23(30)25-5)24(2,3)4/h9-12,15,21H,7-8,13-14,16H2,1-6H3,(H,25,30)(H,27,29)/b17-10+,18-12+,26-19+/t21-/m1/s1. The topological polar surface area (TPSA) is 73.8 Å². The number of rotatable bonds is 4. The molecule has 31 heavy (non-hydrogen) atoms. The molecular weight excluding hydrogens is 408 g/mol. The molecule has 0 bridgehead atoms. The molecule has 0 spiro atoms. The first-order chi connectivity index (χ1) is 14.6. The minimum atomic E-state index is -0.660. The van der Waals surface area contributed by atoms with Gasteiger partial charge in [-0.3, -0.25) is 9.59 Å². The zero-order chi connectivity index (χ0) is 23.0. The quantitative estimate of drug-likeness (QED) is 0.695. The summed E-state index contributed by atoms with van der Waals surface area (Å²) in [7, 11) is 3.63. The third-order valence-electron chi connectivity index (χ3n) is 5.22. The van der Waals surface area contributed by atoms with Gasteiger partial charge in [-0.1, -0.05) is 38.5 Å². The molecule has 2 amide bonds. The zero-order valence-electron chi connectivity index (χ0n) is 19.6. The van der Waals surface area contributed by atoms with Crippen molar-refractivity contribution in [3.63, 3.8) is 0 Å². The largest absolute Gasteiger partial charge is 0.357 e. The smallest absolute Gasteiger partial charge is 0.270 e. The van der Waals surface area contributed by atoms with Crippen LogP contribution in [0.4, 0.5) is 0 Å². The summed E-state index contributed by atoms with van der Waals surface area (Å²) < 4.78 is 0. The van der Waals surface area contributed by atoms with E-state index in [0.717, 1.165) is 30.0 Å². The molecule has 6 nitrogen and oxygen atoms in total. The third-order valence-corrected chi connectivity index (χ3v) is 6.14. The van der Waals surface area contributed by atoms with Gasteiger partial charge in [-0.05, 0) is 56.3 Å². The maximum absolute atomic E-state index is 13.3. The number of hydrogen-bond acceptors (Lipinski definition) is 5. The Balaban J connectivity index is 2.45. The average Bonchev–Trinajstić information content (AvgIpc) is 3.23. The second-order valence-electron chi connectivity index (χ2n) is 9.14. The highest BCUT2D eigenvalue weighted by atomic mass is 32.1. The van der Waals surface area contributed by atoms with Crippen molar-refractivity contribution in [2.24, 2.45) is 10.4 Å². The normalized spacial score (nSPS) is 23.0. The fraction of sp³-hybridized carbons (Fsp3) is 0.542. The van der Waals surface area contributed by atoms with Gasteiger partial charge in [-0.2, -0.15) is 0 Å². The number of nitrogens with one attached hydrogen (secondary N) is 2. The van der Waals surface area contributed by atoms with E-state index in [0.29, 0.717) is 18.7 Å². The van der Waals surface area contributed by atoms with Gasteiger partial charge < -0.3 is 15.5 Å². The fourth-order valence-corrected chi connectivity index (χ4v) is 4.08. The fourth-order valence-electron chi connectivity index (χ4n) is 3.36. The summed E-state index contributed by atoms with van der Waals surface area (Å²) in [6.07, 6.45) is 6.93. The van der Waals surface area contributed by atoms with Crippen LogP contribution in [-0.4, -0.2) is 55.7 Å². The van der Waals surface area contributed by atoms with E-state index in [1.807, 2.05) is 51.4 Å². The first-order valence-electron chi connectivity index (χ1n) is 10.8. The lowest BCUT2D eigenvalue weighted by Gasteiger charge is -2.30. The lowest BCUT2D eigenvalue weighted by atomic mass is 9.86. The summed E-state index contributed by atoms with van der Waals surface area (Å²) in [5.74, 6) is -0.544. The van der Waals surface area contributed by atoms with E-state index < -0.39 is 11.5 Å². The number of carbonyl (C=O) groups excluding carboxylic acids is 2. The van der Waals surface area contributed by atoms with Crippen molar-refractivity contribution in [1.29, 1.82) is 0 Å². The van der Waals surface area contributed by atoms with E-state index in [2.05, 4.69) is 28.5 Å². The van der Waals surface area contributed by atoms with Gasteiger partial charge in [0.15, 0.2) is 0 Å².